The van der Waals surface area contributed by atoms with Gasteiger partial charge in [0.2, 0.25) is 15.9 Å². The number of nitrogens with two attached hydrogens (primary N) is 1. The van der Waals surface area contributed by atoms with Crippen molar-refractivity contribution in [3.8, 4) is 5.75 Å². The van der Waals surface area contributed by atoms with E-state index in [9.17, 15) is 13.2 Å². The van der Waals surface area contributed by atoms with Crippen molar-refractivity contribution in [1.29, 1.82) is 0 Å². The molecule has 144 valence electrons. The van der Waals surface area contributed by atoms with Gasteiger partial charge in [-0.1, -0.05) is 0 Å². The molecule has 2 aliphatic heterocycles. The van der Waals surface area contributed by atoms with Crippen LogP contribution in [0.2, 0.25) is 0 Å². The summed E-state index contributed by atoms with van der Waals surface area (Å²) in [6.07, 6.45) is 3.01. The molecule has 0 bridgehead atoms. The van der Waals surface area contributed by atoms with Crippen LogP contribution < -0.4 is 10.5 Å². The first kappa shape index (κ1) is 19.1. The standard InChI is InChI=1S/C18H27N3O4S/c1-25-16-4-6-17(7-5-16)26(23,24)21-11-8-14(9-12-21)18(22)20-10-2-3-15(19)13-20/h4-7,14-15H,2-3,8-13,19H2,1H3. The van der Waals surface area contributed by atoms with Crippen molar-refractivity contribution >= 4 is 15.9 Å². The van der Waals surface area contributed by atoms with Gasteiger partial charge in [0, 0.05) is 38.1 Å². The van der Waals surface area contributed by atoms with E-state index < -0.39 is 10.0 Å². The Morgan fingerprint density at radius 2 is 1.77 bits per heavy atom. The fraction of sp³-hybridized carbons (Fsp3) is 0.611. The first-order chi connectivity index (χ1) is 12.4. The zero-order valence-electron chi connectivity index (χ0n) is 15.1. The van der Waals surface area contributed by atoms with E-state index >= 15 is 0 Å². The third kappa shape index (κ3) is 4.02. The van der Waals surface area contributed by atoms with Gasteiger partial charge < -0.3 is 15.4 Å². The zero-order chi connectivity index (χ0) is 18.7. The second-order valence-electron chi connectivity index (χ2n) is 7.04. The van der Waals surface area contributed by atoms with Crippen LogP contribution in [0, 0.1) is 5.92 Å². The summed E-state index contributed by atoms with van der Waals surface area (Å²) < 4.78 is 32.1. The maximum absolute atomic E-state index is 12.8. The third-order valence-corrected chi connectivity index (χ3v) is 7.18. The summed E-state index contributed by atoms with van der Waals surface area (Å²) in [7, 11) is -1.99. The number of piperidine rings is 2. The molecule has 0 saturated carbocycles. The van der Waals surface area contributed by atoms with Crippen molar-refractivity contribution < 1.29 is 17.9 Å². The molecule has 7 nitrogen and oxygen atoms in total. The van der Waals surface area contributed by atoms with E-state index in [2.05, 4.69) is 0 Å². The van der Waals surface area contributed by atoms with Crippen LogP contribution in [0.3, 0.4) is 0 Å². The molecule has 0 aromatic heterocycles. The summed E-state index contributed by atoms with van der Waals surface area (Å²) in [4.78, 5) is 14.8. The molecule has 1 amide bonds. The second kappa shape index (κ2) is 7.94. The number of hydrogen-bond acceptors (Lipinski definition) is 5. The largest absolute Gasteiger partial charge is 0.497 e. The van der Waals surface area contributed by atoms with E-state index in [1.165, 1.54) is 4.31 Å². The molecule has 0 radical (unpaired) electrons. The number of hydrogen-bond donors (Lipinski definition) is 1. The van der Waals surface area contributed by atoms with Crippen molar-refractivity contribution in [3.63, 3.8) is 0 Å². The van der Waals surface area contributed by atoms with Gasteiger partial charge in [0.05, 0.1) is 12.0 Å². The minimum atomic E-state index is -3.54. The predicted octanol–water partition coefficient (Wildman–Crippen LogP) is 1.05. The van der Waals surface area contributed by atoms with Gasteiger partial charge in [0.25, 0.3) is 0 Å². The Morgan fingerprint density at radius 1 is 1.12 bits per heavy atom. The number of methoxy groups -OCH3 is 1. The molecule has 8 heteroatoms. The number of ether oxygens (including phenoxy) is 1. The summed E-state index contributed by atoms with van der Waals surface area (Å²) in [5.74, 6) is 0.636. The maximum Gasteiger partial charge on any atom is 0.243 e. The molecule has 2 aliphatic rings. The predicted molar refractivity (Wildman–Crippen MR) is 98.3 cm³/mol. The van der Waals surface area contributed by atoms with Crippen LogP contribution in [-0.4, -0.2) is 62.9 Å². The molecular weight excluding hydrogens is 354 g/mol. The first-order valence-electron chi connectivity index (χ1n) is 9.10. The van der Waals surface area contributed by atoms with Crippen molar-refractivity contribution in [2.75, 3.05) is 33.3 Å². The minimum Gasteiger partial charge on any atom is -0.497 e. The number of benzene rings is 1. The quantitative estimate of drug-likeness (QED) is 0.841. The number of sulfonamides is 1. The van der Waals surface area contributed by atoms with E-state index in [1.807, 2.05) is 4.90 Å². The van der Waals surface area contributed by atoms with Gasteiger partial charge in [-0.25, -0.2) is 8.42 Å². The maximum atomic E-state index is 12.8. The Morgan fingerprint density at radius 3 is 2.35 bits per heavy atom. The molecule has 0 spiro atoms. The second-order valence-corrected chi connectivity index (χ2v) is 8.98. The number of likely N-dealkylation sites (tertiary alicyclic amines) is 1. The van der Waals surface area contributed by atoms with Gasteiger partial charge in [-0.3, -0.25) is 4.79 Å². The van der Waals surface area contributed by atoms with E-state index in [4.69, 9.17) is 10.5 Å². The molecule has 1 atom stereocenters. The fourth-order valence-corrected chi connectivity index (χ4v) is 5.18. The summed E-state index contributed by atoms with van der Waals surface area (Å²) in [6.45, 7) is 2.11. The lowest BCUT2D eigenvalue weighted by Crippen LogP contribution is -2.50. The average Bonchev–Trinajstić information content (AvgIpc) is 2.67. The van der Waals surface area contributed by atoms with Gasteiger partial charge in [-0.2, -0.15) is 4.31 Å². The topological polar surface area (TPSA) is 92.9 Å². The Bertz CT molecular complexity index is 727. The Labute approximate surface area is 155 Å². The van der Waals surface area contributed by atoms with Crippen LogP contribution in [0.4, 0.5) is 0 Å². The molecule has 1 aromatic carbocycles. The van der Waals surface area contributed by atoms with Gasteiger partial charge in [-0.05, 0) is 49.9 Å². The minimum absolute atomic E-state index is 0.0586. The number of amides is 1. The van der Waals surface area contributed by atoms with Crippen molar-refractivity contribution in [3.05, 3.63) is 24.3 Å². The SMILES string of the molecule is COc1ccc(S(=O)(=O)N2CCC(C(=O)N3CCCC(N)C3)CC2)cc1. The van der Waals surface area contributed by atoms with Crippen molar-refractivity contribution in [2.45, 2.75) is 36.6 Å². The molecule has 3 rings (SSSR count). The molecule has 2 saturated heterocycles. The summed E-state index contributed by atoms with van der Waals surface area (Å²) in [6, 6.07) is 6.45. The van der Waals surface area contributed by atoms with Gasteiger partial charge in [-0.15, -0.1) is 0 Å². The molecule has 2 heterocycles. The highest BCUT2D eigenvalue weighted by atomic mass is 32.2. The van der Waals surface area contributed by atoms with E-state index in [0.29, 0.717) is 38.2 Å². The Kier molecular flexibility index (Phi) is 5.84. The summed E-state index contributed by atoms with van der Waals surface area (Å²) in [5, 5.41) is 0. The molecule has 1 unspecified atom stereocenters. The highest BCUT2D eigenvalue weighted by Crippen LogP contribution is 2.26. The zero-order valence-corrected chi connectivity index (χ0v) is 16.0. The molecule has 1 aromatic rings. The van der Waals surface area contributed by atoms with Gasteiger partial charge in [0.1, 0.15) is 5.75 Å². The van der Waals surface area contributed by atoms with Crippen LogP contribution in [0.5, 0.6) is 5.75 Å². The van der Waals surface area contributed by atoms with Crippen LogP contribution in [0.25, 0.3) is 0 Å². The number of rotatable bonds is 4. The highest BCUT2D eigenvalue weighted by molar-refractivity contribution is 7.89. The number of nitrogens with zero attached hydrogens (tertiary/aromatic N) is 2. The van der Waals surface area contributed by atoms with Crippen LogP contribution in [0.1, 0.15) is 25.7 Å². The highest BCUT2D eigenvalue weighted by Gasteiger charge is 2.34. The summed E-state index contributed by atoms with van der Waals surface area (Å²) in [5.41, 5.74) is 5.97. The first-order valence-corrected chi connectivity index (χ1v) is 10.5. The number of carbonyl (C=O) groups excluding carboxylic acids is 1. The molecule has 0 aliphatic carbocycles. The van der Waals surface area contributed by atoms with Gasteiger partial charge in [0.15, 0.2) is 0 Å². The smallest absolute Gasteiger partial charge is 0.243 e. The third-order valence-electron chi connectivity index (χ3n) is 5.27. The van der Waals surface area contributed by atoms with Crippen LogP contribution in [0.15, 0.2) is 29.2 Å². The lowest BCUT2D eigenvalue weighted by atomic mass is 9.95. The van der Waals surface area contributed by atoms with Crippen molar-refractivity contribution in [2.24, 2.45) is 11.7 Å². The van der Waals surface area contributed by atoms with E-state index in [0.717, 1.165) is 19.4 Å². The lowest BCUT2D eigenvalue weighted by molar-refractivity contribution is -0.137. The number of carbonyl (C=O) groups is 1. The van der Waals surface area contributed by atoms with E-state index in [1.54, 1.807) is 31.4 Å². The molecule has 2 N–H and O–H groups in total. The van der Waals surface area contributed by atoms with E-state index in [-0.39, 0.29) is 22.8 Å². The summed E-state index contributed by atoms with van der Waals surface area (Å²) >= 11 is 0. The molecular formula is C18H27N3O4S. The fourth-order valence-electron chi connectivity index (χ4n) is 3.71. The normalized spacial score (nSPS) is 23.0. The average molecular weight is 381 g/mol. The van der Waals surface area contributed by atoms with Crippen molar-refractivity contribution in [1.82, 2.24) is 9.21 Å². The monoisotopic (exact) mass is 381 g/mol. The van der Waals surface area contributed by atoms with Crippen LogP contribution >= 0.6 is 0 Å². The lowest BCUT2D eigenvalue weighted by Gasteiger charge is -2.36. The Hall–Kier alpha value is -1.64. The van der Waals surface area contributed by atoms with Crippen LogP contribution in [-0.2, 0) is 14.8 Å². The Balaban J connectivity index is 1.61. The molecule has 26 heavy (non-hydrogen) atoms. The van der Waals surface area contributed by atoms with Gasteiger partial charge >= 0.3 is 0 Å². The molecule has 2 fully saturated rings.